The fraction of sp³-hybridized carbons (Fsp3) is 0.318. The van der Waals surface area contributed by atoms with Gasteiger partial charge in [0.05, 0.1) is 5.56 Å². The summed E-state index contributed by atoms with van der Waals surface area (Å²) in [6, 6.07) is 13.8. The van der Waals surface area contributed by atoms with Crippen molar-refractivity contribution in [3.8, 4) is 0 Å². The third kappa shape index (κ3) is 5.94. The first-order valence-corrected chi connectivity index (χ1v) is 9.22. The predicted molar refractivity (Wildman–Crippen MR) is 107 cm³/mol. The summed E-state index contributed by atoms with van der Waals surface area (Å²) >= 11 is 0. The summed E-state index contributed by atoms with van der Waals surface area (Å²) in [5, 5.41) is 11.8. The molecular formula is C22H26N2O4. The quantitative estimate of drug-likeness (QED) is 0.735. The summed E-state index contributed by atoms with van der Waals surface area (Å²) in [5.74, 6) is -1.09. The Balaban J connectivity index is 1.84. The van der Waals surface area contributed by atoms with Crippen molar-refractivity contribution in [2.75, 3.05) is 13.6 Å². The van der Waals surface area contributed by atoms with Gasteiger partial charge in [0, 0.05) is 31.6 Å². The molecule has 0 unspecified atom stereocenters. The second-order valence-electron chi connectivity index (χ2n) is 7.05. The number of amides is 2. The Morgan fingerprint density at radius 1 is 0.929 bits per heavy atom. The second kappa shape index (κ2) is 9.69. The molecule has 28 heavy (non-hydrogen) atoms. The Hall–Kier alpha value is -3.15. The molecule has 0 aromatic heterocycles. The van der Waals surface area contributed by atoms with Crippen LogP contribution in [0.4, 0.5) is 0 Å². The number of carboxylic acids is 1. The van der Waals surface area contributed by atoms with E-state index in [0.717, 1.165) is 11.1 Å². The molecule has 0 aliphatic rings. The number of carbonyl (C=O) groups is 3. The van der Waals surface area contributed by atoms with Gasteiger partial charge in [-0.3, -0.25) is 9.59 Å². The summed E-state index contributed by atoms with van der Waals surface area (Å²) in [5.41, 5.74) is 2.72. The zero-order valence-electron chi connectivity index (χ0n) is 16.4. The maximum absolute atomic E-state index is 12.3. The Morgan fingerprint density at radius 2 is 1.46 bits per heavy atom. The van der Waals surface area contributed by atoms with E-state index >= 15 is 0 Å². The van der Waals surface area contributed by atoms with Crippen LogP contribution in [-0.2, 0) is 17.8 Å². The van der Waals surface area contributed by atoms with E-state index in [1.807, 2.05) is 26.0 Å². The van der Waals surface area contributed by atoms with Crippen LogP contribution >= 0.6 is 0 Å². The molecule has 0 saturated heterocycles. The molecule has 6 heteroatoms. The van der Waals surface area contributed by atoms with Gasteiger partial charge in [-0.2, -0.15) is 0 Å². The average molecular weight is 382 g/mol. The summed E-state index contributed by atoms with van der Waals surface area (Å²) in [4.78, 5) is 36.7. The molecule has 148 valence electrons. The van der Waals surface area contributed by atoms with Crippen molar-refractivity contribution in [1.82, 2.24) is 10.2 Å². The third-order valence-corrected chi connectivity index (χ3v) is 4.41. The Bertz CT molecular complexity index is 827. The van der Waals surface area contributed by atoms with Gasteiger partial charge < -0.3 is 15.3 Å². The number of benzene rings is 2. The monoisotopic (exact) mass is 382 g/mol. The average Bonchev–Trinajstić information content (AvgIpc) is 2.68. The Kier molecular flexibility index (Phi) is 7.32. The highest BCUT2D eigenvalue weighted by Crippen LogP contribution is 2.10. The maximum atomic E-state index is 12.3. The van der Waals surface area contributed by atoms with Crippen molar-refractivity contribution in [1.29, 1.82) is 0 Å². The van der Waals surface area contributed by atoms with Gasteiger partial charge in [-0.15, -0.1) is 0 Å². The Morgan fingerprint density at radius 3 is 2.00 bits per heavy atom. The number of carboxylic acid groups (broad SMARTS) is 1. The van der Waals surface area contributed by atoms with E-state index in [9.17, 15) is 14.4 Å². The normalized spacial score (nSPS) is 10.6. The van der Waals surface area contributed by atoms with Crippen LogP contribution in [0.5, 0.6) is 0 Å². The second-order valence-corrected chi connectivity index (χ2v) is 7.05. The number of nitrogens with one attached hydrogen (secondary N) is 1. The fourth-order valence-electron chi connectivity index (χ4n) is 2.79. The maximum Gasteiger partial charge on any atom is 0.335 e. The van der Waals surface area contributed by atoms with Crippen LogP contribution in [0.3, 0.4) is 0 Å². The van der Waals surface area contributed by atoms with Crippen molar-refractivity contribution in [2.24, 2.45) is 5.92 Å². The molecule has 2 N–H and O–H groups in total. The molecule has 2 rings (SSSR count). The molecule has 2 amide bonds. The van der Waals surface area contributed by atoms with Gasteiger partial charge in [0.2, 0.25) is 5.91 Å². The van der Waals surface area contributed by atoms with Crippen LogP contribution in [-0.4, -0.2) is 41.4 Å². The molecule has 0 saturated carbocycles. The number of hydrogen-bond donors (Lipinski definition) is 2. The molecule has 6 nitrogen and oxygen atoms in total. The molecule has 0 heterocycles. The van der Waals surface area contributed by atoms with E-state index in [1.165, 1.54) is 0 Å². The smallest absolute Gasteiger partial charge is 0.335 e. The van der Waals surface area contributed by atoms with Gasteiger partial charge in [0.25, 0.3) is 5.91 Å². The largest absolute Gasteiger partial charge is 0.478 e. The number of hydrogen-bond acceptors (Lipinski definition) is 3. The van der Waals surface area contributed by atoms with Gasteiger partial charge in [0.15, 0.2) is 0 Å². The summed E-state index contributed by atoms with van der Waals surface area (Å²) < 4.78 is 0. The molecule has 0 atom stereocenters. The first-order valence-electron chi connectivity index (χ1n) is 9.22. The van der Waals surface area contributed by atoms with E-state index in [4.69, 9.17) is 5.11 Å². The van der Waals surface area contributed by atoms with Crippen LogP contribution in [0.15, 0.2) is 48.5 Å². The molecule has 2 aromatic rings. The van der Waals surface area contributed by atoms with Gasteiger partial charge in [-0.1, -0.05) is 38.1 Å². The lowest BCUT2D eigenvalue weighted by atomic mass is 10.1. The molecule has 0 radical (unpaired) electrons. The van der Waals surface area contributed by atoms with E-state index in [1.54, 1.807) is 48.3 Å². The number of carbonyl (C=O) groups excluding carboxylic acids is 2. The number of nitrogens with zero attached hydrogens (tertiary/aromatic N) is 1. The molecular weight excluding hydrogens is 356 g/mol. The van der Waals surface area contributed by atoms with E-state index in [-0.39, 0.29) is 23.3 Å². The number of aromatic carboxylic acids is 1. The fourth-order valence-corrected chi connectivity index (χ4v) is 2.79. The van der Waals surface area contributed by atoms with Crippen molar-refractivity contribution in [3.63, 3.8) is 0 Å². The van der Waals surface area contributed by atoms with Crippen LogP contribution < -0.4 is 5.32 Å². The SMILES string of the molecule is CC(C)C(=O)N(C)Cc1ccc(C(=O)NCCc2ccc(C(=O)O)cc2)cc1. The van der Waals surface area contributed by atoms with Crippen molar-refractivity contribution >= 4 is 17.8 Å². The molecule has 0 aliphatic carbocycles. The van der Waals surface area contributed by atoms with Crippen LogP contribution in [0.1, 0.15) is 45.7 Å². The minimum absolute atomic E-state index is 0.0459. The minimum Gasteiger partial charge on any atom is -0.478 e. The van der Waals surface area contributed by atoms with Gasteiger partial charge in [-0.25, -0.2) is 4.79 Å². The van der Waals surface area contributed by atoms with E-state index in [0.29, 0.717) is 25.1 Å². The summed E-state index contributed by atoms with van der Waals surface area (Å²) in [6.07, 6.45) is 0.617. The minimum atomic E-state index is -0.955. The first-order chi connectivity index (χ1) is 13.3. The highest BCUT2D eigenvalue weighted by Gasteiger charge is 2.13. The number of rotatable bonds is 8. The van der Waals surface area contributed by atoms with Crippen LogP contribution in [0, 0.1) is 5.92 Å². The Labute approximate surface area is 165 Å². The lowest BCUT2D eigenvalue weighted by molar-refractivity contribution is -0.133. The van der Waals surface area contributed by atoms with Crippen molar-refractivity contribution < 1.29 is 19.5 Å². The molecule has 2 aromatic carbocycles. The van der Waals surface area contributed by atoms with Crippen molar-refractivity contribution in [2.45, 2.75) is 26.8 Å². The first kappa shape index (κ1) is 21.2. The molecule has 0 aliphatic heterocycles. The van der Waals surface area contributed by atoms with Gasteiger partial charge >= 0.3 is 5.97 Å². The van der Waals surface area contributed by atoms with Crippen LogP contribution in [0.2, 0.25) is 0 Å². The topological polar surface area (TPSA) is 86.7 Å². The molecule has 0 spiro atoms. The summed E-state index contributed by atoms with van der Waals surface area (Å²) in [6.45, 7) is 4.70. The van der Waals surface area contributed by atoms with Gasteiger partial charge in [0.1, 0.15) is 0 Å². The predicted octanol–water partition coefficient (Wildman–Crippen LogP) is 2.97. The molecule has 0 fully saturated rings. The standard InChI is InChI=1S/C22H26N2O4/c1-15(2)21(26)24(3)14-17-6-8-18(9-7-17)20(25)23-13-12-16-4-10-19(11-5-16)22(27)28/h4-11,15H,12-14H2,1-3H3,(H,23,25)(H,27,28). The van der Waals surface area contributed by atoms with Crippen LogP contribution in [0.25, 0.3) is 0 Å². The van der Waals surface area contributed by atoms with E-state index < -0.39 is 5.97 Å². The highest BCUT2D eigenvalue weighted by molar-refractivity contribution is 5.94. The lowest BCUT2D eigenvalue weighted by Crippen LogP contribution is -2.30. The highest BCUT2D eigenvalue weighted by atomic mass is 16.4. The van der Waals surface area contributed by atoms with Crippen molar-refractivity contribution in [3.05, 3.63) is 70.8 Å². The zero-order valence-corrected chi connectivity index (χ0v) is 16.4. The van der Waals surface area contributed by atoms with Gasteiger partial charge in [-0.05, 0) is 41.8 Å². The third-order valence-electron chi connectivity index (χ3n) is 4.41. The summed E-state index contributed by atoms with van der Waals surface area (Å²) in [7, 11) is 1.77. The molecule has 0 bridgehead atoms. The zero-order chi connectivity index (χ0) is 20.7. The lowest BCUT2D eigenvalue weighted by Gasteiger charge is -2.19. The van der Waals surface area contributed by atoms with E-state index in [2.05, 4.69) is 5.32 Å².